The first-order valence-electron chi connectivity index (χ1n) is 13.8. The molecule has 8 nitrogen and oxygen atoms in total. The van der Waals surface area contributed by atoms with Gasteiger partial charge in [-0.1, -0.05) is 61.5 Å². The fraction of sp³-hybridized carbons (Fsp3) is 0.312. The largest absolute Gasteiger partial charge is 0.497 e. The van der Waals surface area contributed by atoms with E-state index in [1.807, 2.05) is 41.1 Å². The van der Waals surface area contributed by atoms with E-state index in [4.69, 9.17) is 4.74 Å². The monoisotopic (exact) mass is 536 g/mol. The molecule has 0 aliphatic heterocycles. The normalized spacial score (nSPS) is 12.2. The van der Waals surface area contributed by atoms with Crippen molar-refractivity contribution in [3.8, 4) is 5.75 Å². The van der Waals surface area contributed by atoms with Crippen molar-refractivity contribution in [3.63, 3.8) is 0 Å². The first-order valence-corrected chi connectivity index (χ1v) is 13.8. The van der Waals surface area contributed by atoms with Crippen molar-refractivity contribution in [2.45, 2.75) is 52.7 Å². The molecule has 0 bridgehead atoms. The molecule has 40 heavy (non-hydrogen) atoms. The molecular formula is C32H36N6O2. The van der Waals surface area contributed by atoms with Gasteiger partial charge in [0.25, 0.3) is 5.56 Å². The lowest BCUT2D eigenvalue weighted by molar-refractivity contribution is 0.172. The molecule has 0 spiro atoms. The van der Waals surface area contributed by atoms with Crippen molar-refractivity contribution in [1.29, 1.82) is 0 Å². The number of H-pyrrole nitrogens is 1. The summed E-state index contributed by atoms with van der Waals surface area (Å²) >= 11 is 0. The van der Waals surface area contributed by atoms with E-state index in [9.17, 15) is 4.79 Å². The number of hydrogen-bond acceptors (Lipinski definition) is 6. The molecule has 2 aromatic heterocycles. The number of rotatable bonds is 11. The summed E-state index contributed by atoms with van der Waals surface area (Å²) < 4.78 is 7.17. The number of benzene rings is 3. The van der Waals surface area contributed by atoms with Crippen molar-refractivity contribution in [2.75, 3.05) is 13.7 Å². The van der Waals surface area contributed by atoms with Gasteiger partial charge < -0.3 is 9.72 Å². The van der Waals surface area contributed by atoms with Crippen molar-refractivity contribution in [2.24, 2.45) is 0 Å². The Morgan fingerprint density at radius 2 is 1.77 bits per heavy atom. The third-order valence-electron chi connectivity index (χ3n) is 7.71. The highest BCUT2D eigenvalue weighted by molar-refractivity contribution is 5.83. The topological polar surface area (TPSA) is 88.9 Å². The van der Waals surface area contributed by atoms with Crippen LogP contribution in [-0.4, -0.2) is 43.7 Å². The first-order chi connectivity index (χ1) is 19.5. The lowest BCUT2D eigenvalue weighted by Crippen LogP contribution is -2.34. The second-order valence-electron chi connectivity index (χ2n) is 10.3. The number of nitrogens with zero attached hydrogens (tertiary/aromatic N) is 5. The minimum atomic E-state index is -0.0770. The van der Waals surface area contributed by atoms with E-state index < -0.39 is 0 Å². The molecule has 0 fully saturated rings. The lowest BCUT2D eigenvalue weighted by Gasteiger charge is -2.30. The maximum absolute atomic E-state index is 13.3. The number of methoxy groups -OCH3 is 1. The molecule has 1 atom stereocenters. The van der Waals surface area contributed by atoms with Crippen molar-refractivity contribution >= 4 is 10.9 Å². The van der Waals surface area contributed by atoms with Crippen LogP contribution in [0.15, 0.2) is 77.6 Å². The van der Waals surface area contributed by atoms with Gasteiger partial charge in [0.1, 0.15) is 5.75 Å². The molecule has 1 unspecified atom stereocenters. The number of fused-ring (bicyclic) bond motifs is 1. The molecule has 0 aliphatic rings. The van der Waals surface area contributed by atoms with Gasteiger partial charge in [-0.05, 0) is 83.0 Å². The summed E-state index contributed by atoms with van der Waals surface area (Å²) in [6.07, 6.45) is 1.64. The van der Waals surface area contributed by atoms with Crippen LogP contribution in [0.3, 0.4) is 0 Å². The van der Waals surface area contributed by atoms with Crippen LogP contribution < -0.4 is 10.3 Å². The number of aromatic amines is 1. The zero-order valence-electron chi connectivity index (χ0n) is 23.6. The molecular weight excluding hydrogens is 500 g/mol. The Morgan fingerprint density at radius 1 is 1.00 bits per heavy atom. The zero-order chi connectivity index (χ0) is 28.1. The van der Waals surface area contributed by atoms with E-state index in [1.165, 1.54) is 5.56 Å². The van der Waals surface area contributed by atoms with E-state index >= 15 is 0 Å². The quantitative estimate of drug-likeness (QED) is 0.244. The van der Waals surface area contributed by atoms with E-state index in [0.717, 1.165) is 64.1 Å². The van der Waals surface area contributed by atoms with Gasteiger partial charge in [-0.15, -0.1) is 5.10 Å². The summed E-state index contributed by atoms with van der Waals surface area (Å²) in [7, 11) is 1.66. The summed E-state index contributed by atoms with van der Waals surface area (Å²) in [5.74, 6) is 1.60. The van der Waals surface area contributed by atoms with Gasteiger partial charge in [-0.25, -0.2) is 4.68 Å². The van der Waals surface area contributed by atoms with E-state index in [2.05, 4.69) is 82.6 Å². The maximum Gasteiger partial charge on any atom is 0.252 e. The standard InChI is InChI=1S/C32H36N6O2/c1-5-29(31-34-35-36-38(31)20-25-12-15-28(40-4)16-13-25)37(18-17-24-9-7-6-8-10-24)21-27-19-26-14-11-22(2)23(3)30(26)33-32(27)39/h6-16,19,29H,5,17-18,20-21H2,1-4H3,(H,33,39). The van der Waals surface area contributed by atoms with Gasteiger partial charge in [0.05, 0.1) is 25.2 Å². The second-order valence-corrected chi connectivity index (χ2v) is 10.3. The highest BCUT2D eigenvalue weighted by Crippen LogP contribution is 2.26. The Labute approximate surface area is 234 Å². The molecule has 3 aromatic carbocycles. The Balaban J connectivity index is 1.48. The Hall–Kier alpha value is -4.30. The highest BCUT2D eigenvalue weighted by atomic mass is 16.5. The molecule has 0 saturated carbocycles. The number of nitrogens with one attached hydrogen (secondary N) is 1. The third-order valence-corrected chi connectivity index (χ3v) is 7.71. The summed E-state index contributed by atoms with van der Waals surface area (Å²) in [5, 5.41) is 13.9. The number of aromatic nitrogens is 5. The summed E-state index contributed by atoms with van der Waals surface area (Å²) in [6, 6.07) is 24.5. The smallest absolute Gasteiger partial charge is 0.252 e. The van der Waals surface area contributed by atoms with Crippen LogP contribution in [0.2, 0.25) is 0 Å². The Bertz CT molecular complexity index is 1630. The van der Waals surface area contributed by atoms with Crippen molar-refractivity contribution in [1.82, 2.24) is 30.1 Å². The van der Waals surface area contributed by atoms with E-state index in [1.54, 1.807) is 7.11 Å². The zero-order valence-corrected chi connectivity index (χ0v) is 23.6. The lowest BCUT2D eigenvalue weighted by atomic mass is 10.0. The SMILES string of the molecule is CCC(c1nnnn1Cc1ccc(OC)cc1)N(CCc1ccccc1)Cc1cc2ccc(C)c(C)c2[nH]c1=O. The van der Waals surface area contributed by atoms with Crippen LogP contribution in [0.4, 0.5) is 0 Å². The van der Waals surface area contributed by atoms with Crippen LogP contribution in [0.1, 0.15) is 53.0 Å². The third kappa shape index (κ3) is 5.97. The van der Waals surface area contributed by atoms with Gasteiger partial charge in [-0.3, -0.25) is 9.69 Å². The van der Waals surface area contributed by atoms with Crippen molar-refractivity contribution in [3.05, 3.63) is 117 Å². The number of tetrazole rings is 1. The summed E-state index contributed by atoms with van der Waals surface area (Å²) in [4.78, 5) is 18.8. The molecule has 1 N–H and O–H groups in total. The fourth-order valence-electron chi connectivity index (χ4n) is 5.24. The number of aryl methyl sites for hydroxylation is 2. The minimum absolute atomic E-state index is 0.0569. The van der Waals surface area contributed by atoms with Gasteiger partial charge in [0, 0.05) is 18.7 Å². The van der Waals surface area contributed by atoms with E-state index in [0.29, 0.717) is 13.1 Å². The molecule has 0 saturated heterocycles. The molecule has 2 heterocycles. The molecule has 0 radical (unpaired) electrons. The Kier molecular flexibility index (Phi) is 8.36. The molecule has 206 valence electrons. The van der Waals surface area contributed by atoms with Crippen LogP contribution in [0, 0.1) is 13.8 Å². The molecule has 5 aromatic rings. The molecule has 0 amide bonds. The first kappa shape index (κ1) is 27.3. The number of ether oxygens (including phenoxy) is 1. The fourth-order valence-corrected chi connectivity index (χ4v) is 5.24. The number of hydrogen-bond donors (Lipinski definition) is 1. The minimum Gasteiger partial charge on any atom is -0.497 e. The predicted octanol–water partition coefficient (Wildman–Crippen LogP) is 5.38. The molecule has 5 rings (SSSR count). The van der Waals surface area contributed by atoms with Crippen LogP contribution >= 0.6 is 0 Å². The number of pyridine rings is 1. The van der Waals surface area contributed by atoms with Crippen LogP contribution in [-0.2, 0) is 19.5 Å². The van der Waals surface area contributed by atoms with Gasteiger partial charge in [0.2, 0.25) is 0 Å². The summed E-state index contributed by atoms with van der Waals surface area (Å²) in [6.45, 7) is 8.04. The van der Waals surface area contributed by atoms with Gasteiger partial charge in [0.15, 0.2) is 5.82 Å². The molecule has 0 aliphatic carbocycles. The summed E-state index contributed by atoms with van der Waals surface area (Å²) in [5.41, 5.74) is 6.17. The maximum atomic E-state index is 13.3. The predicted molar refractivity (Wildman–Crippen MR) is 158 cm³/mol. The Morgan fingerprint density at radius 3 is 2.50 bits per heavy atom. The second kappa shape index (κ2) is 12.3. The van der Waals surface area contributed by atoms with Gasteiger partial charge >= 0.3 is 0 Å². The van der Waals surface area contributed by atoms with E-state index in [-0.39, 0.29) is 11.6 Å². The van der Waals surface area contributed by atoms with Crippen LogP contribution in [0.5, 0.6) is 5.75 Å². The van der Waals surface area contributed by atoms with Crippen molar-refractivity contribution < 1.29 is 4.74 Å². The average Bonchev–Trinajstić information content (AvgIpc) is 3.43. The van der Waals surface area contributed by atoms with Crippen LogP contribution in [0.25, 0.3) is 10.9 Å². The highest BCUT2D eigenvalue weighted by Gasteiger charge is 2.26. The average molecular weight is 537 g/mol. The molecule has 8 heteroatoms. The van der Waals surface area contributed by atoms with Gasteiger partial charge in [-0.2, -0.15) is 0 Å².